The molecule has 0 aliphatic carbocycles. The van der Waals surface area contributed by atoms with Gasteiger partial charge < -0.3 is 10.5 Å². The van der Waals surface area contributed by atoms with E-state index in [1.165, 1.54) is 6.07 Å². The van der Waals surface area contributed by atoms with Crippen LogP contribution >= 0.6 is 0 Å². The van der Waals surface area contributed by atoms with Gasteiger partial charge in [0.05, 0.1) is 18.2 Å². The normalized spacial score (nSPS) is 12.1. The number of nitrogens with zero attached hydrogens (tertiary/aromatic N) is 2. The highest BCUT2D eigenvalue weighted by molar-refractivity contribution is 5.45. The molecular weight excluding hydrogens is 292 g/mol. The number of nitriles is 1. The topological polar surface area (TPSA) is 71.9 Å². The molecule has 0 aliphatic rings. The molecule has 10 heteroatoms. The SMILES string of the molecule is N#CCc1c(CN)ncc(C(F)(F)F)c1OC(F)(F)F. The summed E-state index contributed by atoms with van der Waals surface area (Å²) in [6.45, 7) is -0.427. The molecule has 0 atom stereocenters. The smallest absolute Gasteiger partial charge is 0.405 e. The first kappa shape index (κ1) is 16.0. The minimum atomic E-state index is -5.34. The average molecular weight is 299 g/mol. The minimum Gasteiger partial charge on any atom is -0.405 e. The predicted octanol–water partition coefficient (Wildman–Crippen LogP) is 2.52. The van der Waals surface area contributed by atoms with Crippen LogP contribution in [0, 0.1) is 11.3 Å². The van der Waals surface area contributed by atoms with Crippen molar-refractivity contribution in [2.24, 2.45) is 5.73 Å². The zero-order valence-electron chi connectivity index (χ0n) is 9.64. The monoisotopic (exact) mass is 299 g/mol. The van der Waals surface area contributed by atoms with Crippen molar-refractivity contribution in [2.75, 3.05) is 0 Å². The van der Waals surface area contributed by atoms with E-state index in [0.717, 1.165) is 0 Å². The van der Waals surface area contributed by atoms with E-state index in [2.05, 4.69) is 9.72 Å². The minimum absolute atomic E-state index is 0.199. The third kappa shape index (κ3) is 3.74. The van der Waals surface area contributed by atoms with Crippen LogP contribution in [0.3, 0.4) is 0 Å². The molecule has 1 aromatic heterocycles. The Morgan fingerprint density at radius 2 is 1.85 bits per heavy atom. The lowest BCUT2D eigenvalue weighted by Gasteiger charge is -2.19. The van der Waals surface area contributed by atoms with Crippen LogP contribution in [0.5, 0.6) is 5.75 Å². The molecule has 110 valence electrons. The second kappa shape index (κ2) is 5.54. The highest BCUT2D eigenvalue weighted by atomic mass is 19.4. The first-order valence-electron chi connectivity index (χ1n) is 5.01. The molecule has 1 heterocycles. The molecule has 20 heavy (non-hydrogen) atoms. The fourth-order valence-electron chi connectivity index (χ4n) is 1.44. The van der Waals surface area contributed by atoms with E-state index in [1.807, 2.05) is 0 Å². The Labute approximate surface area is 108 Å². The second-order valence-electron chi connectivity index (χ2n) is 3.51. The van der Waals surface area contributed by atoms with Crippen molar-refractivity contribution in [3.05, 3.63) is 23.0 Å². The Bertz CT molecular complexity index is 532. The van der Waals surface area contributed by atoms with E-state index in [0.29, 0.717) is 0 Å². The number of alkyl halides is 6. The van der Waals surface area contributed by atoms with Crippen LogP contribution in [0.2, 0.25) is 0 Å². The summed E-state index contributed by atoms with van der Waals surface area (Å²) in [5.74, 6) is -1.48. The van der Waals surface area contributed by atoms with Crippen LogP contribution in [0.15, 0.2) is 6.20 Å². The van der Waals surface area contributed by atoms with Crippen molar-refractivity contribution in [1.29, 1.82) is 5.26 Å². The van der Waals surface area contributed by atoms with E-state index in [-0.39, 0.29) is 11.9 Å². The maximum absolute atomic E-state index is 12.7. The van der Waals surface area contributed by atoms with Crippen molar-refractivity contribution >= 4 is 0 Å². The van der Waals surface area contributed by atoms with Crippen molar-refractivity contribution in [3.8, 4) is 11.8 Å². The fraction of sp³-hybridized carbons (Fsp3) is 0.400. The Hall–Kier alpha value is -2.02. The summed E-state index contributed by atoms with van der Waals surface area (Å²) < 4.78 is 78.2. The quantitative estimate of drug-likeness (QED) is 0.870. The van der Waals surface area contributed by atoms with Crippen LogP contribution in [0.1, 0.15) is 16.8 Å². The molecule has 1 aromatic rings. The maximum atomic E-state index is 12.7. The van der Waals surface area contributed by atoms with Gasteiger partial charge in [0.1, 0.15) is 11.3 Å². The number of rotatable bonds is 3. The summed E-state index contributed by atoms with van der Waals surface area (Å²) in [4.78, 5) is 3.33. The van der Waals surface area contributed by atoms with Crippen molar-refractivity contribution in [2.45, 2.75) is 25.5 Å². The van der Waals surface area contributed by atoms with E-state index >= 15 is 0 Å². The Morgan fingerprint density at radius 3 is 2.25 bits per heavy atom. The van der Waals surface area contributed by atoms with E-state index in [1.54, 1.807) is 0 Å². The third-order valence-corrected chi connectivity index (χ3v) is 2.19. The Morgan fingerprint density at radius 1 is 1.25 bits per heavy atom. The van der Waals surface area contributed by atoms with Crippen LogP contribution in [-0.4, -0.2) is 11.3 Å². The first-order chi connectivity index (χ1) is 9.10. The van der Waals surface area contributed by atoms with Crippen LogP contribution in [0.4, 0.5) is 26.3 Å². The number of nitrogens with two attached hydrogens (primary N) is 1. The van der Waals surface area contributed by atoms with E-state index < -0.39 is 42.4 Å². The summed E-state index contributed by atoms with van der Waals surface area (Å²) in [6, 6.07) is 1.45. The molecule has 0 saturated heterocycles. The van der Waals surface area contributed by atoms with Gasteiger partial charge >= 0.3 is 12.5 Å². The number of hydrogen-bond acceptors (Lipinski definition) is 4. The summed E-state index contributed by atoms with van der Waals surface area (Å²) in [7, 11) is 0. The molecule has 0 aliphatic heterocycles. The highest BCUT2D eigenvalue weighted by Crippen LogP contribution is 2.41. The lowest BCUT2D eigenvalue weighted by Crippen LogP contribution is -2.23. The number of pyridine rings is 1. The standard InChI is InChI=1S/C10H7F6N3O/c11-9(12,13)6-4-19-7(3-18)5(1-2-17)8(6)20-10(14,15)16/h4H,1,3,18H2. The number of aromatic nitrogens is 1. The zero-order valence-corrected chi connectivity index (χ0v) is 9.64. The van der Waals surface area contributed by atoms with Gasteiger partial charge in [0, 0.05) is 18.3 Å². The molecule has 0 aromatic carbocycles. The van der Waals surface area contributed by atoms with Gasteiger partial charge in [-0.1, -0.05) is 0 Å². The van der Waals surface area contributed by atoms with Crippen molar-refractivity contribution in [1.82, 2.24) is 4.98 Å². The largest absolute Gasteiger partial charge is 0.573 e. The molecule has 0 unspecified atom stereocenters. The average Bonchev–Trinajstić information content (AvgIpc) is 2.27. The predicted molar refractivity (Wildman–Crippen MR) is 53.1 cm³/mol. The van der Waals surface area contributed by atoms with Gasteiger partial charge in [0.15, 0.2) is 0 Å². The van der Waals surface area contributed by atoms with E-state index in [4.69, 9.17) is 11.0 Å². The number of halogens is 6. The molecule has 0 spiro atoms. The van der Waals surface area contributed by atoms with Crippen LogP contribution in [-0.2, 0) is 19.1 Å². The zero-order chi connectivity index (χ0) is 15.6. The summed E-state index contributed by atoms with van der Waals surface area (Å²) in [5.41, 5.74) is 2.58. The summed E-state index contributed by atoms with van der Waals surface area (Å²) in [5, 5.41) is 8.52. The molecular formula is C10H7F6N3O. The third-order valence-electron chi connectivity index (χ3n) is 2.19. The van der Waals surface area contributed by atoms with Gasteiger partial charge in [-0.25, -0.2) is 0 Å². The molecule has 0 amide bonds. The van der Waals surface area contributed by atoms with Gasteiger partial charge in [0.2, 0.25) is 0 Å². The molecule has 0 bridgehead atoms. The van der Waals surface area contributed by atoms with Crippen molar-refractivity contribution in [3.63, 3.8) is 0 Å². The molecule has 0 fully saturated rings. The van der Waals surface area contributed by atoms with Crippen molar-refractivity contribution < 1.29 is 31.1 Å². The van der Waals surface area contributed by atoms with E-state index in [9.17, 15) is 26.3 Å². The number of ether oxygens (including phenoxy) is 1. The van der Waals surface area contributed by atoms with Gasteiger partial charge in [-0.15, -0.1) is 13.2 Å². The second-order valence-corrected chi connectivity index (χ2v) is 3.51. The summed E-state index contributed by atoms with van der Waals surface area (Å²) in [6.07, 6.45) is -11.0. The fourth-order valence-corrected chi connectivity index (χ4v) is 1.44. The molecule has 0 radical (unpaired) electrons. The first-order valence-corrected chi connectivity index (χ1v) is 5.01. The van der Waals surface area contributed by atoms with Gasteiger partial charge in [-0.05, 0) is 0 Å². The molecule has 1 rings (SSSR count). The van der Waals surface area contributed by atoms with Gasteiger partial charge in [0.25, 0.3) is 0 Å². The molecule has 0 saturated carbocycles. The van der Waals surface area contributed by atoms with Gasteiger partial charge in [-0.2, -0.15) is 18.4 Å². The number of hydrogen-bond donors (Lipinski definition) is 1. The lowest BCUT2D eigenvalue weighted by atomic mass is 10.1. The van der Waals surface area contributed by atoms with Crippen LogP contribution in [0.25, 0.3) is 0 Å². The summed E-state index contributed by atoms with van der Waals surface area (Å²) >= 11 is 0. The highest BCUT2D eigenvalue weighted by Gasteiger charge is 2.41. The maximum Gasteiger partial charge on any atom is 0.573 e. The van der Waals surface area contributed by atoms with Crippen LogP contribution < -0.4 is 10.5 Å². The Kier molecular flexibility index (Phi) is 4.44. The molecule has 4 nitrogen and oxygen atoms in total. The lowest BCUT2D eigenvalue weighted by molar-refractivity contribution is -0.276. The molecule has 2 N–H and O–H groups in total. The Balaban J connectivity index is 3.55. The van der Waals surface area contributed by atoms with Gasteiger partial charge in [-0.3, -0.25) is 4.98 Å².